The number of ether oxygens (including phenoxy) is 1. The number of nitrogens with one attached hydrogen (secondary N) is 1. The van der Waals surface area contributed by atoms with Crippen molar-refractivity contribution in [2.75, 3.05) is 39.9 Å². The zero-order valence-electron chi connectivity index (χ0n) is 16.9. The van der Waals surface area contributed by atoms with Gasteiger partial charge in [-0.3, -0.25) is 14.5 Å². The molecule has 0 fully saturated rings. The van der Waals surface area contributed by atoms with Crippen LogP contribution in [0.2, 0.25) is 0 Å². The predicted octanol–water partition coefficient (Wildman–Crippen LogP) is 2.88. The summed E-state index contributed by atoms with van der Waals surface area (Å²) in [6, 6.07) is 0. The molecule has 1 amide bonds. The quantitative estimate of drug-likeness (QED) is 0.286. The van der Waals surface area contributed by atoms with Crippen LogP contribution in [0.15, 0.2) is 0 Å². The summed E-state index contributed by atoms with van der Waals surface area (Å²) in [6.45, 7) is 4.45. The second-order valence-electron chi connectivity index (χ2n) is 6.82. The monoisotopic (exact) mass is 372 g/mol. The number of esters is 1. The summed E-state index contributed by atoms with van der Waals surface area (Å²) in [5.74, 6) is -0.174. The molecule has 0 aliphatic rings. The molecule has 0 aromatic heterocycles. The van der Waals surface area contributed by atoms with Gasteiger partial charge in [0, 0.05) is 32.6 Å². The Hall–Kier alpha value is -1.14. The highest BCUT2D eigenvalue weighted by Gasteiger charge is 2.08. The van der Waals surface area contributed by atoms with Crippen LogP contribution in [0.25, 0.3) is 0 Å². The fourth-order valence-corrected chi connectivity index (χ4v) is 2.87. The summed E-state index contributed by atoms with van der Waals surface area (Å²) in [5.41, 5.74) is 0. The number of carbonyl (C=O) groups is 2. The average Bonchev–Trinajstić information content (AvgIpc) is 2.64. The molecule has 0 bridgehead atoms. The van der Waals surface area contributed by atoms with E-state index in [1.165, 1.54) is 52.1 Å². The van der Waals surface area contributed by atoms with Gasteiger partial charge in [-0.25, -0.2) is 0 Å². The standard InChI is InChI=1S/C20H40N2O4/c1-3-4-5-6-7-8-9-10-11-12-19(24)21-14-16-22(17-18-23)15-13-20(25)26-2/h23H,3-18H2,1-2H3,(H,21,24). The van der Waals surface area contributed by atoms with E-state index in [0.717, 1.165) is 12.8 Å². The number of aliphatic hydroxyl groups is 1. The highest BCUT2D eigenvalue weighted by molar-refractivity contribution is 5.75. The Morgan fingerprint density at radius 1 is 0.885 bits per heavy atom. The number of aliphatic hydroxyl groups excluding tert-OH is 1. The third-order valence-corrected chi connectivity index (χ3v) is 4.53. The van der Waals surface area contributed by atoms with Gasteiger partial charge in [0.1, 0.15) is 0 Å². The van der Waals surface area contributed by atoms with Crippen molar-refractivity contribution in [2.24, 2.45) is 0 Å². The summed E-state index contributed by atoms with van der Waals surface area (Å²) in [7, 11) is 1.37. The first-order valence-electron chi connectivity index (χ1n) is 10.3. The van der Waals surface area contributed by atoms with Gasteiger partial charge in [0.2, 0.25) is 5.91 Å². The number of unbranched alkanes of at least 4 members (excludes halogenated alkanes) is 8. The number of amides is 1. The van der Waals surface area contributed by atoms with Crippen molar-refractivity contribution < 1.29 is 19.4 Å². The second-order valence-corrected chi connectivity index (χ2v) is 6.82. The molecule has 154 valence electrons. The van der Waals surface area contributed by atoms with Gasteiger partial charge in [0.25, 0.3) is 0 Å². The number of carbonyl (C=O) groups excluding carboxylic acids is 2. The lowest BCUT2D eigenvalue weighted by molar-refractivity contribution is -0.141. The van der Waals surface area contributed by atoms with Crippen LogP contribution in [0, 0.1) is 0 Å². The lowest BCUT2D eigenvalue weighted by Gasteiger charge is -2.20. The molecule has 0 aliphatic heterocycles. The minimum atomic E-state index is -0.262. The van der Waals surface area contributed by atoms with Gasteiger partial charge in [0.15, 0.2) is 0 Å². The molecule has 0 rings (SSSR count). The predicted molar refractivity (Wildman–Crippen MR) is 105 cm³/mol. The van der Waals surface area contributed by atoms with Crippen molar-refractivity contribution >= 4 is 11.9 Å². The van der Waals surface area contributed by atoms with Crippen molar-refractivity contribution in [3.8, 4) is 0 Å². The molecule has 0 saturated carbocycles. The first-order valence-corrected chi connectivity index (χ1v) is 10.3. The smallest absolute Gasteiger partial charge is 0.306 e. The minimum Gasteiger partial charge on any atom is -0.469 e. The van der Waals surface area contributed by atoms with E-state index in [1.54, 1.807) is 0 Å². The number of methoxy groups -OCH3 is 1. The Labute approximate surface area is 159 Å². The number of hydrogen-bond acceptors (Lipinski definition) is 5. The second kappa shape index (κ2) is 18.6. The van der Waals surface area contributed by atoms with Gasteiger partial charge in [-0.05, 0) is 6.42 Å². The maximum absolute atomic E-state index is 11.8. The van der Waals surface area contributed by atoms with E-state index in [4.69, 9.17) is 5.11 Å². The van der Waals surface area contributed by atoms with Gasteiger partial charge in [0.05, 0.1) is 20.1 Å². The molecule has 0 aromatic rings. The first kappa shape index (κ1) is 24.9. The molecular weight excluding hydrogens is 332 g/mol. The van der Waals surface area contributed by atoms with Gasteiger partial charge < -0.3 is 15.2 Å². The van der Waals surface area contributed by atoms with E-state index in [0.29, 0.717) is 39.0 Å². The number of rotatable bonds is 18. The summed E-state index contributed by atoms with van der Waals surface area (Å²) in [4.78, 5) is 25.0. The summed E-state index contributed by atoms with van der Waals surface area (Å²) >= 11 is 0. The molecule has 0 radical (unpaired) electrons. The molecule has 0 saturated heterocycles. The van der Waals surface area contributed by atoms with Crippen molar-refractivity contribution in [1.29, 1.82) is 0 Å². The SMILES string of the molecule is CCCCCCCCCCCC(=O)NCCN(CCO)CCC(=O)OC. The Morgan fingerprint density at radius 3 is 2.08 bits per heavy atom. The van der Waals surface area contributed by atoms with Crippen LogP contribution in [0.4, 0.5) is 0 Å². The van der Waals surface area contributed by atoms with Gasteiger partial charge in [-0.1, -0.05) is 58.3 Å². The zero-order chi connectivity index (χ0) is 19.5. The maximum atomic E-state index is 11.8. The molecule has 0 atom stereocenters. The molecule has 6 heteroatoms. The van der Waals surface area contributed by atoms with Crippen LogP contribution in [0.1, 0.15) is 77.6 Å². The Bertz CT molecular complexity index is 351. The highest BCUT2D eigenvalue weighted by Crippen LogP contribution is 2.10. The van der Waals surface area contributed by atoms with Crippen molar-refractivity contribution in [3.63, 3.8) is 0 Å². The fraction of sp³-hybridized carbons (Fsp3) is 0.900. The molecule has 26 heavy (non-hydrogen) atoms. The third-order valence-electron chi connectivity index (χ3n) is 4.53. The lowest BCUT2D eigenvalue weighted by Crippen LogP contribution is -2.37. The van der Waals surface area contributed by atoms with E-state index in [1.807, 2.05) is 4.90 Å². The molecule has 6 nitrogen and oxygen atoms in total. The van der Waals surface area contributed by atoms with Crippen LogP contribution >= 0.6 is 0 Å². The first-order chi connectivity index (χ1) is 12.6. The molecule has 0 unspecified atom stereocenters. The molecule has 0 aromatic carbocycles. The summed E-state index contributed by atoms with van der Waals surface area (Å²) in [5, 5.41) is 12.0. The molecular formula is C20H40N2O4. The van der Waals surface area contributed by atoms with Gasteiger partial charge in [-0.2, -0.15) is 0 Å². The van der Waals surface area contributed by atoms with Gasteiger partial charge in [-0.15, -0.1) is 0 Å². The topological polar surface area (TPSA) is 78.9 Å². The van der Waals surface area contributed by atoms with Crippen LogP contribution in [-0.2, 0) is 14.3 Å². The number of hydrogen-bond donors (Lipinski definition) is 2. The van der Waals surface area contributed by atoms with Crippen LogP contribution < -0.4 is 5.32 Å². The van der Waals surface area contributed by atoms with Crippen molar-refractivity contribution in [3.05, 3.63) is 0 Å². The normalized spacial score (nSPS) is 10.9. The average molecular weight is 373 g/mol. The fourth-order valence-electron chi connectivity index (χ4n) is 2.87. The maximum Gasteiger partial charge on any atom is 0.306 e. The van der Waals surface area contributed by atoms with E-state index in [9.17, 15) is 9.59 Å². The van der Waals surface area contributed by atoms with Crippen LogP contribution in [0.5, 0.6) is 0 Å². The summed E-state index contributed by atoms with van der Waals surface area (Å²) < 4.78 is 4.62. The largest absolute Gasteiger partial charge is 0.469 e. The molecule has 0 spiro atoms. The molecule has 0 aliphatic carbocycles. The van der Waals surface area contributed by atoms with E-state index in [2.05, 4.69) is 17.0 Å². The lowest BCUT2D eigenvalue weighted by atomic mass is 10.1. The minimum absolute atomic E-state index is 0.0353. The van der Waals surface area contributed by atoms with Crippen molar-refractivity contribution in [1.82, 2.24) is 10.2 Å². The number of nitrogens with zero attached hydrogens (tertiary/aromatic N) is 1. The van der Waals surface area contributed by atoms with Gasteiger partial charge >= 0.3 is 5.97 Å². The van der Waals surface area contributed by atoms with E-state index >= 15 is 0 Å². The highest BCUT2D eigenvalue weighted by atomic mass is 16.5. The Kier molecular flexibility index (Phi) is 17.8. The zero-order valence-corrected chi connectivity index (χ0v) is 16.9. The van der Waals surface area contributed by atoms with Crippen LogP contribution in [-0.4, -0.2) is 61.8 Å². The summed E-state index contributed by atoms with van der Waals surface area (Å²) in [6.07, 6.45) is 12.1. The van der Waals surface area contributed by atoms with E-state index in [-0.39, 0.29) is 18.5 Å². The molecule has 0 heterocycles. The van der Waals surface area contributed by atoms with Crippen LogP contribution in [0.3, 0.4) is 0 Å². The Morgan fingerprint density at radius 2 is 1.50 bits per heavy atom. The van der Waals surface area contributed by atoms with E-state index < -0.39 is 0 Å². The Balaban J connectivity index is 3.59. The molecule has 2 N–H and O–H groups in total. The van der Waals surface area contributed by atoms with Crippen molar-refractivity contribution in [2.45, 2.75) is 77.6 Å². The third kappa shape index (κ3) is 16.3.